The number of piperazine rings is 1. The maximum atomic E-state index is 13.8. The largest absolute Gasteiger partial charge is 0.458 e. The van der Waals surface area contributed by atoms with Crippen LogP contribution in [0.3, 0.4) is 0 Å². The van der Waals surface area contributed by atoms with Gasteiger partial charge in [0, 0.05) is 36.8 Å². The van der Waals surface area contributed by atoms with Gasteiger partial charge in [0.05, 0.1) is 5.69 Å². The quantitative estimate of drug-likeness (QED) is 0.376. The monoisotopic (exact) mass is 498 g/mol. The second-order valence-corrected chi connectivity index (χ2v) is 9.02. The summed E-state index contributed by atoms with van der Waals surface area (Å²) in [4.78, 5) is 52.3. The number of aryl methyl sites for hydroxylation is 2. The molecule has 1 aliphatic heterocycles. The number of nitrogens with zero attached hydrogens (tertiary/aromatic N) is 4. The molecule has 2 aromatic carbocycles. The first-order valence-corrected chi connectivity index (χ1v) is 12.2. The molecule has 37 heavy (non-hydrogen) atoms. The van der Waals surface area contributed by atoms with E-state index in [2.05, 4.69) is 16.5 Å². The highest BCUT2D eigenvalue weighted by molar-refractivity contribution is 6.05. The number of benzene rings is 2. The summed E-state index contributed by atoms with van der Waals surface area (Å²) in [5.41, 5.74) is 2.68. The van der Waals surface area contributed by atoms with E-state index >= 15 is 0 Å². The van der Waals surface area contributed by atoms with E-state index in [9.17, 15) is 14.4 Å². The Balaban J connectivity index is 1.64. The molecule has 1 aromatic heterocycles. The van der Waals surface area contributed by atoms with Crippen LogP contribution in [0, 0.1) is 13.8 Å². The number of hydrogen-bond donors (Lipinski definition) is 0. The summed E-state index contributed by atoms with van der Waals surface area (Å²) in [6.45, 7) is 10.0. The molecule has 190 valence electrons. The number of carbonyl (C=O) groups excluding carboxylic acids is 3. The first-order chi connectivity index (χ1) is 17.8. The summed E-state index contributed by atoms with van der Waals surface area (Å²) in [6, 6.07) is 16.5. The fraction of sp³-hybridized carbons (Fsp3) is 0.276. The van der Waals surface area contributed by atoms with Crippen molar-refractivity contribution in [2.24, 2.45) is 0 Å². The Morgan fingerprint density at radius 3 is 2.38 bits per heavy atom. The van der Waals surface area contributed by atoms with Crippen molar-refractivity contribution in [1.82, 2.24) is 19.8 Å². The summed E-state index contributed by atoms with van der Waals surface area (Å²) < 4.78 is 5.25. The minimum absolute atomic E-state index is 0.00304. The zero-order valence-corrected chi connectivity index (χ0v) is 21.3. The van der Waals surface area contributed by atoms with Crippen LogP contribution in [0.1, 0.15) is 49.4 Å². The lowest BCUT2D eigenvalue weighted by molar-refractivity contribution is 0.0406. The SMILES string of the molecule is C=CCOC(=O)c1c(C)nc(-c2ccccc2)nc1C(=O)N1CCN(C(=O)c2ccccc2C)C(C)C1. The summed E-state index contributed by atoms with van der Waals surface area (Å²) >= 11 is 0. The fourth-order valence-corrected chi connectivity index (χ4v) is 4.46. The molecule has 0 spiro atoms. The Bertz CT molecular complexity index is 1340. The van der Waals surface area contributed by atoms with Gasteiger partial charge in [-0.1, -0.05) is 61.2 Å². The third-order valence-corrected chi connectivity index (χ3v) is 6.41. The van der Waals surface area contributed by atoms with Gasteiger partial charge in [0.15, 0.2) is 5.82 Å². The highest BCUT2D eigenvalue weighted by Gasteiger charge is 2.34. The van der Waals surface area contributed by atoms with E-state index in [1.807, 2.05) is 68.4 Å². The second kappa shape index (κ2) is 11.2. The lowest BCUT2D eigenvalue weighted by Gasteiger charge is -2.40. The molecule has 3 aromatic rings. The van der Waals surface area contributed by atoms with Crippen molar-refractivity contribution in [3.05, 3.63) is 95.3 Å². The lowest BCUT2D eigenvalue weighted by atomic mass is 10.0. The molecule has 8 heteroatoms. The summed E-state index contributed by atoms with van der Waals surface area (Å²) in [5.74, 6) is -0.788. The molecule has 1 atom stereocenters. The smallest absolute Gasteiger partial charge is 0.342 e. The molecule has 0 bridgehead atoms. The average Bonchev–Trinajstić information content (AvgIpc) is 2.91. The van der Waals surface area contributed by atoms with Gasteiger partial charge in [-0.25, -0.2) is 14.8 Å². The second-order valence-electron chi connectivity index (χ2n) is 9.02. The van der Waals surface area contributed by atoms with Crippen molar-refractivity contribution < 1.29 is 19.1 Å². The van der Waals surface area contributed by atoms with Crippen LogP contribution in [0.2, 0.25) is 0 Å². The van der Waals surface area contributed by atoms with Crippen LogP contribution in [-0.4, -0.2) is 69.8 Å². The molecule has 0 radical (unpaired) electrons. The average molecular weight is 499 g/mol. The molecule has 8 nitrogen and oxygen atoms in total. The van der Waals surface area contributed by atoms with Crippen LogP contribution >= 0.6 is 0 Å². The molecular formula is C29H30N4O4. The molecule has 2 amide bonds. The number of carbonyl (C=O) groups is 3. The zero-order valence-electron chi connectivity index (χ0n) is 21.3. The molecule has 1 aliphatic rings. The Kier molecular flexibility index (Phi) is 7.77. The van der Waals surface area contributed by atoms with Crippen LogP contribution < -0.4 is 0 Å². The van der Waals surface area contributed by atoms with Crippen molar-refractivity contribution in [1.29, 1.82) is 0 Å². The standard InChI is InChI=1S/C29H30N4O4/c1-5-17-37-29(36)24-21(4)30-26(22-12-7-6-8-13-22)31-25(24)28(35)32-15-16-33(20(3)18-32)27(34)23-14-10-9-11-19(23)2/h5-14,20H,1,15-18H2,2-4H3. The van der Waals surface area contributed by atoms with Gasteiger partial charge in [0.2, 0.25) is 0 Å². The number of aromatic nitrogens is 2. The minimum atomic E-state index is -0.679. The predicted molar refractivity (Wildman–Crippen MR) is 140 cm³/mol. The van der Waals surface area contributed by atoms with Gasteiger partial charge >= 0.3 is 5.97 Å². The number of esters is 1. The highest BCUT2D eigenvalue weighted by atomic mass is 16.5. The third kappa shape index (κ3) is 5.43. The normalized spacial score (nSPS) is 15.3. The maximum absolute atomic E-state index is 13.8. The highest BCUT2D eigenvalue weighted by Crippen LogP contribution is 2.23. The van der Waals surface area contributed by atoms with E-state index in [4.69, 9.17) is 4.74 Å². The van der Waals surface area contributed by atoms with E-state index in [1.165, 1.54) is 6.08 Å². The lowest BCUT2D eigenvalue weighted by Crippen LogP contribution is -2.55. The van der Waals surface area contributed by atoms with Crippen LogP contribution in [0.5, 0.6) is 0 Å². The van der Waals surface area contributed by atoms with E-state index in [0.29, 0.717) is 36.7 Å². The molecule has 2 heterocycles. The van der Waals surface area contributed by atoms with E-state index < -0.39 is 11.9 Å². The van der Waals surface area contributed by atoms with E-state index in [0.717, 1.165) is 11.1 Å². The summed E-state index contributed by atoms with van der Waals surface area (Å²) in [6.07, 6.45) is 1.46. The molecule has 1 unspecified atom stereocenters. The third-order valence-electron chi connectivity index (χ3n) is 6.41. The zero-order chi connectivity index (χ0) is 26.5. The number of ether oxygens (including phenoxy) is 1. The first-order valence-electron chi connectivity index (χ1n) is 12.2. The van der Waals surface area contributed by atoms with Crippen molar-refractivity contribution in [2.75, 3.05) is 26.2 Å². The van der Waals surface area contributed by atoms with Crippen LogP contribution in [0.4, 0.5) is 0 Å². The van der Waals surface area contributed by atoms with Gasteiger partial charge in [-0.05, 0) is 32.4 Å². The Morgan fingerprint density at radius 2 is 1.70 bits per heavy atom. The number of hydrogen-bond acceptors (Lipinski definition) is 6. The van der Waals surface area contributed by atoms with Gasteiger partial charge in [0.25, 0.3) is 11.8 Å². The molecule has 0 aliphatic carbocycles. The van der Waals surface area contributed by atoms with Gasteiger partial charge in [0.1, 0.15) is 17.9 Å². The van der Waals surface area contributed by atoms with Crippen molar-refractivity contribution in [3.63, 3.8) is 0 Å². The molecule has 0 saturated carbocycles. The van der Waals surface area contributed by atoms with Crippen molar-refractivity contribution in [2.45, 2.75) is 26.8 Å². The van der Waals surface area contributed by atoms with Crippen molar-refractivity contribution in [3.8, 4) is 11.4 Å². The summed E-state index contributed by atoms with van der Waals surface area (Å²) in [7, 11) is 0. The summed E-state index contributed by atoms with van der Waals surface area (Å²) in [5, 5.41) is 0. The Labute approximate surface area is 216 Å². The first kappa shape index (κ1) is 25.8. The van der Waals surface area contributed by atoms with Crippen LogP contribution in [0.15, 0.2) is 67.3 Å². The molecule has 1 saturated heterocycles. The number of amides is 2. The van der Waals surface area contributed by atoms with E-state index in [1.54, 1.807) is 16.7 Å². The van der Waals surface area contributed by atoms with Gasteiger partial charge in [-0.15, -0.1) is 0 Å². The van der Waals surface area contributed by atoms with E-state index in [-0.39, 0.29) is 29.8 Å². The molecule has 0 N–H and O–H groups in total. The predicted octanol–water partition coefficient (Wildman–Crippen LogP) is 4.09. The molecule has 4 rings (SSSR count). The van der Waals surface area contributed by atoms with Crippen LogP contribution in [-0.2, 0) is 4.74 Å². The van der Waals surface area contributed by atoms with Crippen LogP contribution in [0.25, 0.3) is 11.4 Å². The van der Waals surface area contributed by atoms with Gasteiger partial charge < -0.3 is 14.5 Å². The molecule has 1 fully saturated rings. The molecular weight excluding hydrogens is 468 g/mol. The topological polar surface area (TPSA) is 92.7 Å². The van der Waals surface area contributed by atoms with Gasteiger partial charge in [-0.3, -0.25) is 9.59 Å². The Hall–Kier alpha value is -4.33. The van der Waals surface area contributed by atoms with Gasteiger partial charge in [-0.2, -0.15) is 0 Å². The maximum Gasteiger partial charge on any atom is 0.342 e. The Morgan fingerprint density at radius 1 is 1.00 bits per heavy atom. The fourth-order valence-electron chi connectivity index (χ4n) is 4.46. The van der Waals surface area contributed by atoms with Crippen molar-refractivity contribution >= 4 is 17.8 Å². The minimum Gasteiger partial charge on any atom is -0.458 e. The number of rotatable bonds is 6.